The third-order valence-corrected chi connectivity index (χ3v) is 4.57. The molecule has 2 atom stereocenters. The van der Waals surface area contributed by atoms with Crippen LogP contribution in [0.4, 0.5) is 0 Å². The lowest BCUT2D eigenvalue weighted by Gasteiger charge is -2.34. The second kappa shape index (κ2) is 7.90. The second-order valence-corrected chi connectivity index (χ2v) is 7.73. The van der Waals surface area contributed by atoms with Crippen LogP contribution in [0.5, 0.6) is 0 Å². The van der Waals surface area contributed by atoms with Crippen LogP contribution >= 0.6 is 0 Å². The fraction of sp³-hybridized carbons (Fsp3) is 0.562. The Morgan fingerprint density at radius 2 is 2.09 bits per heavy atom. The molecule has 1 aliphatic heterocycles. The number of hydrogen-bond acceptors (Lipinski definition) is 4. The second-order valence-electron chi connectivity index (χ2n) is 5.95. The van der Waals surface area contributed by atoms with E-state index in [1.807, 2.05) is 30.3 Å². The first-order valence-corrected chi connectivity index (χ1v) is 9.66. The van der Waals surface area contributed by atoms with E-state index in [-0.39, 0.29) is 11.9 Å². The predicted octanol–water partition coefficient (Wildman–Crippen LogP) is 1.13. The molecule has 0 saturated carbocycles. The van der Waals surface area contributed by atoms with E-state index in [1.165, 1.54) is 0 Å². The Hall–Kier alpha value is -1.44. The highest BCUT2D eigenvalue weighted by Crippen LogP contribution is 2.14. The van der Waals surface area contributed by atoms with Crippen molar-refractivity contribution in [3.8, 4) is 0 Å². The lowest BCUT2D eigenvalue weighted by Crippen LogP contribution is -2.51. The molecule has 1 aromatic carbocycles. The molecule has 128 valence electrons. The number of piperidine rings is 1. The van der Waals surface area contributed by atoms with Crippen LogP contribution in [0.1, 0.15) is 25.3 Å². The normalized spacial score (nSPS) is 20.3. The summed E-state index contributed by atoms with van der Waals surface area (Å²) in [5, 5.41) is 0. The zero-order chi connectivity index (χ0) is 16.9. The number of likely N-dealkylation sites (tertiary alicyclic amines) is 1. The molecule has 2 rings (SSSR count). The monoisotopic (exact) mass is 340 g/mol. The lowest BCUT2D eigenvalue weighted by atomic mass is 10.1. The number of hydrogen-bond donors (Lipinski definition) is 1. The fourth-order valence-electron chi connectivity index (χ4n) is 2.70. The van der Waals surface area contributed by atoms with E-state index in [2.05, 4.69) is 4.72 Å². The van der Waals surface area contributed by atoms with Crippen LogP contribution in [0, 0.1) is 0 Å². The highest BCUT2D eigenvalue weighted by molar-refractivity contribution is 7.88. The van der Waals surface area contributed by atoms with Gasteiger partial charge in [0.15, 0.2) is 0 Å². The van der Waals surface area contributed by atoms with Gasteiger partial charge in [-0.1, -0.05) is 30.3 Å². The molecule has 0 radical (unpaired) electrons. The van der Waals surface area contributed by atoms with Gasteiger partial charge in [0.05, 0.1) is 12.9 Å². The number of sulfonamides is 1. The number of nitrogens with one attached hydrogen (secondary N) is 1. The van der Waals surface area contributed by atoms with Gasteiger partial charge in [0, 0.05) is 19.1 Å². The SMILES string of the molecule is CC(OCc1ccccc1)C(=O)N1CCCC(NS(C)(=O)=O)C1. The number of rotatable bonds is 6. The van der Waals surface area contributed by atoms with Gasteiger partial charge in [-0.3, -0.25) is 4.79 Å². The van der Waals surface area contributed by atoms with E-state index in [0.29, 0.717) is 19.7 Å². The molecule has 1 amide bonds. The Labute approximate surface area is 137 Å². The topological polar surface area (TPSA) is 75.7 Å². The Kier molecular flexibility index (Phi) is 6.15. The van der Waals surface area contributed by atoms with Crippen molar-refractivity contribution in [3.63, 3.8) is 0 Å². The summed E-state index contributed by atoms with van der Waals surface area (Å²) in [5.41, 5.74) is 1.02. The molecular formula is C16H24N2O4S. The summed E-state index contributed by atoms with van der Waals surface area (Å²) in [6.07, 6.45) is 2.12. The molecule has 0 spiro atoms. The highest BCUT2D eigenvalue weighted by Gasteiger charge is 2.28. The summed E-state index contributed by atoms with van der Waals surface area (Å²) < 4.78 is 30.9. The molecular weight excluding hydrogens is 316 g/mol. The minimum atomic E-state index is -3.26. The van der Waals surface area contributed by atoms with Crippen LogP contribution in [0.15, 0.2) is 30.3 Å². The van der Waals surface area contributed by atoms with Crippen molar-refractivity contribution in [2.75, 3.05) is 19.3 Å². The molecule has 6 nitrogen and oxygen atoms in total. The Morgan fingerprint density at radius 3 is 2.74 bits per heavy atom. The maximum Gasteiger partial charge on any atom is 0.251 e. The number of benzene rings is 1. The fourth-order valence-corrected chi connectivity index (χ4v) is 3.50. The quantitative estimate of drug-likeness (QED) is 0.842. The van der Waals surface area contributed by atoms with Crippen LogP contribution in [0.25, 0.3) is 0 Å². The van der Waals surface area contributed by atoms with Crippen LogP contribution < -0.4 is 4.72 Å². The molecule has 23 heavy (non-hydrogen) atoms. The predicted molar refractivity (Wildman–Crippen MR) is 88.3 cm³/mol. The van der Waals surface area contributed by atoms with Gasteiger partial charge in [-0.15, -0.1) is 0 Å². The van der Waals surface area contributed by atoms with Gasteiger partial charge >= 0.3 is 0 Å². The van der Waals surface area contributed by atoms with E-state index < -0.39 is 16.1 Å². The first kappa shape index (κ1) is 17.9. The molecule has 7 heteroatoms. The summed E-state index contributed by atoms with van der Waals surface area (Å²) in [7, 11) is -3.26. The molecule has 1 aliphatic rings. The van der Waals surface area contributed by atoms with Crippen molar-refractivity contribution in [3.05, 3.63) is 35.9 Å². The standard InChI is InChI=1S/C16H24N2O4S/c1-13(22-12-14-7-4-3-5-8-14)16(19)18-10-6-9-15(11-18)17-23(2,20)21/h3-5,7-8,13,15,17H,6,9-12H2,1-2H3. The molecule has 2 unspecified atom stereocenters. The third kappa shape index (κ3) is 5.93. The van der Waals surface area contributed by atoms with E-state index in [4.69, 9.17) is 4.74 Å². The Bertz CT molecular complexity index is 618. The van der Waals surface area contributed by atoms with Gasteiger partial charge in [-0.2, -0.15) is 0 Å². The van der Waals surface area contributed by atoms with Gasteiger partial charge in [-0.25, -0.2) is 13.1 Å². The number of amides is 1. The maximum atomic E-state index is 12.5. The zero-order valence-electron chi connectivity index (χ0n) is 13.6. The van der Waals surface area contributed by atoms with Gasteiger partial charge in [0.2, 0.25) is 10.0 Å². The average molecular weight is 340 g/mol. The summed E-state index contributed by atoms with van der Waals surface area (Å²) >= 11 is 0. The summed E-state index contributed by atoms with van der Waals surface area (Å²) in [4.78, 5) is 14.1. The van der Waals surface area contributed by atoms with E-state index in [1.54, 1.807) is 11.8 Å². The number of carbonyl (C=O) groups is 1. The molecule has 1 heterocycles. The van der Waals surface area contributed by atoms with Crippen molar-refractivity contribution in [2.24, 2.45) is 0 Å². The van der Waals surface area contributed by atoms with Crippen molar-refractivity contribution in [1.29, 1.82) is 0 Å². The maximum absolute atomic E-state index is 12.5. The summed E-state index contributed by atoms with van der Waals surface area (Å²) in [5.74, 6) is -0.0964. The lowest BCUT2D eigenvalue weighted by molar-refractivity contribution is -0.144. The number of carbonyl (C=O) groups excluding carboxylic acids is 1. The van der Waals surface area contributed by atoms with Gasteiger partial charge < -0.3 is 9.64 Å². The molecule has 1 aromatic rings. The Morgan fingerprint density at radius 1 is 1.39 bits per heavy atom. The van der Waals surface area contributed by atoms with Crippen LogP contribution in [0.3, 0.4) is 0 Å². The Balaban J connectivity index is 1.86. The molecule has 0 aromatic heterocycles. The molecule has 1 N–H and O–H groups in total. The zero-order valence-corrected chi connectivity index (χ0v) is 14.4. The number of ether oxygens (including phenoxy) is 1. The van der Waals surface area contributed by atoms with Crippen molar-refractivity contribution >= 4 is 15.9 Å². The average Bonchev–Trinajstić information content (AvgIpc) is 2.51. The smallest absolute Gasteiger partial charge is 0.251 e. The first-order valence-electron chi connectivity index (χ1n) is 7.77. The van der Waals surface area contributed by atoms with Gasteiger partial charge in [0.1, 0.15) is 6.10 Å². The van der Waals surface area contributed by atoms with Gasteiger partial charge in [-0.05, 0) is 25.3 Å². The van der Waals surface area contributed by atoms with Crippen molar-refractivity contribution in [1.82, 2.24) is 9.62 Å². The summed E-state index contributed by atoms with van der Waals surface area (Å²) in [6, 6.07) is 9.47. The number of nitrogens with zero attached hydrogens (tertiary/aromatic N) is 1. The van der Waals surface area contributed by atoms with E-state index in [0.717, 1.165) is 24.7 Å². The van der Waals surface area contributed by atoms with Gasteiger partial charge in [0.25, 0.3) is 5.91 Å². The largest absolute Gasteiger partial charge is 0.364 e. The molecule has 0 bridgehead atoms. The summed E-state index contributed by atoms with van der Waals surface area (Å²) in [6.45, 7) is 3.15. The molecule has 0 aliphatic carbocycles. The van der Waals surface area contributed by atoms with Crippen LogP contribution in [-0.4, -0.2) is 50.7 Å². The van der Waals surface area contributed by atoms with Crippen LogP contribution in [0.2, 0.25) is 0 Å². The van der Waals surface area contributed by atoms with Crippen molar-refractivity contribution < 1.29 is 17.9 Å². The van der Waals surface area contributed by atoms with Crippen molar-refractivity contribution in [2.45, 2.75) is 38.5 Å². The van der Waals surface area contributed by atoms with Crippen LogP contribution in [-0.2, 0) is 26.2 Å². The molecule has 1 saturated heterocycles. The van der Waals surface area contributed by atoms with E-state index in [9.17, 15) is 13.2 Å². The molecule has 1 fully saturated rings. The first-order chi connectivity index (χ1) is 10.8. The van der Waals surface area contributed by atoms with E-state index >= 15 is 0 Å². The minimum absolute atomic E-state index is 0.0964. The highest BCUT2D eigenvalue weighted by atomic mass is 32.2. The minimum Gasteiger partial charge on any atom is -0.364 e. The third-order valence-electron chi connectivity index (χ3n) is 3.80.